The van der Waals surface area contributed by atoms with Gasteiger partial charge < -0.3 is 9.64 Å². The number of hydrogen-bond donors (Lipinski definition) is 0. The molecule has 0 aliphatic carbocycles. The van der Waals surface area contributed by atoms with Crippen molar-refractivity contribution < 1.29 is 13.2 Å². The standard InChI is InChI=1S/C26H34N4O3S2/c1-18(2)29-10-12-30(13-11-29)25-9-6-20(16-27-25)23-17-34-26(28-23)15-21-14-22(35(5,31)32)7-8-24(21)33-19(3)4/h6-9,14,16-19H,10-13,15H2,1-5H3. The summed E-state index contributed by atoms with van der Waals surface area (Å²) in [5.74, 6) is 1.69. The molecule has 1 aliphatic heterocycles. The summed E-state index contributed by atoms with van der Waals surface area (Å²) in [5, 5.41) is 2.92. The molecule has 0 N–H and O–H groups in total. The highest BCUT2D eigenvalue weighted by molar-refractivity contribution is 7.90. The third-order valence-corrected chi connectivity index (χ3v) is 8.09. The summed E-state index contributed by atoms with van der Waals surface area (Å²) in [6, 6.07) is 9.76. The first kappa shape index (κ1) is 25.6. The molecule has 0 saturated carbocycles. The van der Waals surface area contributed by atoms with Crippen LogP contribution in [0, 0.1) is 0 Å². The van der Waals surface area contributed by atoms with Crippen LogP contribution in [0.25, 0.3) is 11.3 Å². The Morgan fingerprint density at radius 2 is 1.80 bits per heavy atom. The highest BCUT2D eigenvalue weighted by atomic mass is 32.2. The van der Waals surface area contributed by atoms with Crippen molar-refractivity contribution in [1.82, 2.24) is 14.9 Å². The molecule has 0 radical (unpaired) electrons. The fraction of sp³-hybridized carbons (Fsp3) is 0.462. The van der Waals surface area contributed by atoms with Crippen LogP contribution in [-0.4, -0.2) is 67.9 Å². The van der Waals surface area contributed by atoms with E-state index in [1.54, 1.807) is 29.5 Å². The van der Waals surface area contributed by atoms with E-state index < -0.39 is 9.84 Å². The molecule has 3 aromatic rings. The molecule has 0 spiro atoms. The van der Waals surface area contributed by atoms with E-state index in [4.69, 9.17) is 14.7 Å². The third kappa shape index (κ3) is 6.39. The molecule has 9 heteroatoms. The average molecular weight is 515 g/mol. The summed E-state index contributed by atoms with van der Waals surface area (Å²) in [7, 11) is -3.31. The molecule has 1 aliphatic rings. The van der Waals surface area contributed by atoms with Crippen LogP contribution >= 0.6 is 11.3 Å². The van der Waals surface area contributed by atoms with Crippen molar-refractivity contribution >= 4 is 27.0 Å². The minimum Gasteiger partial charge on any atom is -0.491 e. The van der Waals surface area contributed by atoms with E-state index in [9.17, 15) is 8.42 Å². The lowest BCUT2D eigenvalue weighted by atomic mass is 10.1. The van der Waals surface area contributed by atoms with Crippen LogP contribution in [0.1, 0.15) is 38.3 Å². The molecule has 188 valence electrons. The predicted molar refractivity (Wildman–Crippen MR) is 142 cm³/mol. The number of thiazole rings is 1. The first-order valence-electron chi connectivity index (χ1n) is 12.0. The third-order valence-electron chi connectivity index (χ3n) is 6.13. The number of aromatic nitrogens is 2. The van der Waals surface area contributed by atoms with Crippen LogP contribution in [-0.2, 0) is 16.3 Å². The highest BCUT2D eigenvalue weighted by Gasteiger charge is 2.20. The van der Waals surface area contributed by atoms with Crippen molar-refractivity contribution in [3.8, 4) is 17.0 Å². The summed E-state index contributed by atoms with van der Waals surface area (Å²) >= 11 is 1.56. The van der Waals surface area contributed by atoms with E-state index >= 15 is 0 Å². The molecular formula is C26H34N4O3S2. The Bertz CT molecular complexity index is 1250. The Balaban J connectivity index is 1.49. The molecule has 2 aromatic heterocycles. The molecule has 0 unspecified atom stereocenters. The average Bonchev–Trinajstić information content (AvgIpc) is 3.28. The van der Waals surface area contributed by atoms with Gasteiger partial charge >= 0.3 is 0 Å². The van der Waals surface area contributed by atoms with Crippen LogP contribution in [0.15, 0.2) is 46.8 Å². The van der Waals surface area contributed by atoms with Crippen LogP contribution in [0.4, 0.5) is 5.82 Å². The molecule has 7 nitrogen and oxygen atoms in total. The van der Waals surface area contributed by atoms with E-state index in [2.05, 4.69) is 35.8 Å². The van der Waals surface area contributed by atoms with E-state index in [0.29, 0.717) is 18.2 Å². The maximum atomic E-state index is 12.1. The van der Waals surface area contributed by atoms with Gasteiger partial charge in [-0.25, -0.2) is 18.4 Å². The fourth-order valence-corrected chi connectivity index (χ4v) is 5.67. The second kappa shape index (κ2) is 10.6. The van der Waals surface area contributed by atoms with Gasteiger partial charge in [-0.2, -0.15) is 0 Å². The van der Waals surface area contributed by atoms with Gasteiger partial charge in [0, 0.05) is 67.6 Å². The molecule has 1 saturated heterocycles. The monoisotopic (exact) mass is 514 g/mol. The smallest absolute Gasteiger partial charge is 0.175 e. The van der Waals surface area contributed by atoms with E-state index in [-0.39, 0.29) is 11.0 Å². The Morgan fingerprint density at radius 3 is 2.40 bits per heavy atom. The zero-order chi connectivity index (χ0) is 25.2. The van der Waals surface area contributed by atoms with Crippen molar-refractivity contribution in [2.75, 3.05) is 37.3 Å². The van der Waals surface area contributed by atoms with Crippen molar-refractivity contribution in [3.05, 3.63) is 52.5 Å². The van der Waals surface area contributed by atoms with Gasteiger partial charge in [0.25, 0.3) is 0 Å². The molecule has 0 amide bonds. The SMILES string of the molecule is CC(C)Oc1ccc(S(C)(=O)=O)cc1Cc1nc(-c2ccc(N3CCN(C(C)C)CC3)nc2)cs1. The summed E-state index contributed by atoms with van der Waals surface area (Å²) in [6.45, 7) is 12.5. The highest BCUT2D eigenvalue weighted by Crippen LogP contribution is 2.29. The summed E-state index contributed by atoms with van der Waals surface area (Å²) < 4.78 is 30.1. The largest absolute Gasteiger partial charge is 0.491 e. The first-order chi connectivity index (χ1) is 16.6. The van der Waals surface area contributed by atoms with Gasteiger partial charge in [-0.3, -0.25) is 4.90 Å². The van der Waals surface area contributed by atoms with E-state index in [1.807, 2.05) is 25.4 Å². The van der Waals surface area contributed by atoms with Gasteiger partial charge in [0.1, 0.15) is 11.6 Å². The number of benzene rings is 1. The van der Waals surface area contributed by atoms with Gasteiger partial charge in [0.15, 0.2) is 9.84 Å². The van der Waals surface area contributed by atoms with Crippen LogP contribution in [0.2, 0.25) is 0 Å². The predicted octanol–water partition coefficient (Wildman–Crippen LogP) is 4.52. The van der Waals surface area contributed by atoms with Gasteiger partial charge in [-0.05, 0) is 58.0 Å². The number of sulfone groups is 1. The van der Waals surface area contributed by atoms with Crippen LogP contribution in [0.5, 0.6) is 5.75 Å². The maximum Gasteiger partial charge on any atom is 0.175 e. The quantitative estimate of drug-likeness (QED) is 0.438. The second-order valence-electron chi connectivity index (χ2n) is 9.53. The minimum absolute atomic E-state index is 0.0115. The summed E-state index contributed by atoms with van der Waals surface area (Å²) in [6.07, 6.45) is 3.60. The molecule has 0 atom stereocenters. The number of piperazine rings is 1. The topological polar surface area (TPSA) is 75.6 Å². The Morgan fingerprint density at radius 1 is 1.06 bits per heavy atom. The van der Waals surface area contributed by atoms with Crippen molar-refractivity contribution in [3.63, 3.8) is 0 Å². The molecule has 1 aromatic carbocycles. The van der Waals surface area contributed by atoms with E-state index in [0.717, 1.165) is 53.8 Å². The van der Waals surface area contributed by atoms with Gasteiger partial charge in [0.05, 0.1) is 21.7 Å². The molecule has 0 bridgehead atoms. The normalized spacial score (nSPS) is 15.2. The lowest BCUT2D eigenvalue weighted by molar-refractivity contribution is 0.209. The minimum atomic E-state index is -3.31. The summed E-state index contributed by atoms with van der Waals surface area (Å²) in [4.78, 5) is 14.6. The zero-order valence-electron chi connectivity index (χ0n) is 21.1. The number of rotatable bonds is 8. The molecule has 35 heavy (non-hydrogen) atoms. The first-order valence-corrected chi connectivity index (χ1v) is 14.8. The van der Waals surface area contributed by atoms with Crippen molar-refractivity contribution in [2.45, 2.75) is 51.2 Å². The Kier molecular flexibility index (Phi) is 7.78. The number of hydrogen-bond acceptors (Lipinski definition) is 8. The van der Waals surface area contributed by atoms with E-state index in [1.165, 1.54) is 6.26 Å². The number of pyridine rings is 1. The lowest BCUT2D eigenvalue weighted by Gasteiger charge is -2.37. The van der Waals surface area contributed by atoms with Crippen LogP contribution < -0.4 is 9.64 Å². The fourth-order valence-electron chi connectivity index (χ4n) is 4.17. The van der Waals surface area contributed by atoms with Gasteiger partial charge in [-0.15, -0.1) is 11.3 Å². The van der Waals surface area contributed by atoms with Gasteiger partial charge in [0.2, 0.25) is 0 Å². The molecular weight excluding hydrogens is 480 g/mol. The lowest BCUT2D eigenvalue weighted by Crippen LogP contribution is -2.49. The number of anilines is 1. The van der Waals surface area contributed by atoms with Gasteiger partial charge in [-0.1, -0.05) is 0 Å². The van der Waals surface area contributed by atoms with Crippen LogP contribution in [0.3, 0.4) is 0 Å². The van der Waals surface area contributed by atoms with Crippen molar-refractivity contribution in [2.24, 2.45) is 0 Å². The zero-order valence-corrected chi connectivity index (χ0v) is 22.7. The molecule has 1 fully saturated rings. The second-order valence-corrected chi connectivity index (χ2v) is 12.5. The molecule has 4 rings (SSSR count). The van der Waals surface area contributed by atoms with Crippen molar-refractivity contribution in [1.29, 1.82) is 0 Å². The Labute approximate surface area is 212 Å². The summed E-state index contributed by atoms with van der Waals surface area (Å²) in [5.41, 5.74) is 2.66. The number of nitrogens with zero attached hydrogens (tertiary/aromatic N) is 4. The maximum absolute atomic E-state index is 12.1. The number of ether oxygens (including phenoxy) is 1. The Hall–Kier alpha value is -2.49. The molecule has 3 heterocycles.